The van der Waals surface area contributed by atoms with Crippen molar-refractivity contribution in [3.63, 3.8) is 0 Å². The van der Waals surface area contributed by atoms with E-state index in [0.717, 1.165) is 17.9 Å². The van der Waals surface area contributed by atoms with Gasteiger partial charge >= 0.3 is 0 Å². The van der Waals surface area contributed by atoms with Gasteiger partial charge in [-0.1, -0.05) is 0 Å². The summed E-state index contributed by atoms with van der Waals surface area (Å²) < 4.78 is 0. The minimum Gasteiger partial charge on any atom is -0.369 e. The molecule has 0 aliphatic heterocycles. The first kappa shape index (κ1) is 6.99. The summed E-state index contributed by atoms with van der Waals surface area (Å²) in [4.78, 5) is 0. The molecule has 1 rings (SSSR count). The van der Waals surface area contributed by atoms with Gasteiger partial charge in [0.05, 0.1) is 6.20 Å². The lowest BCUT2D eigenvalue weighted by atomic mass is 10.3. The minimum atomic E-state index is 0.850. The van der Waals surface area contributed by atoms with Crippen LogP contribution in [-0.4, -0.2) is 16.7 Å². The summed E-state index contributed by atoms with van der Waals surface area (Å²) in [7, 11) is 0. The summed E-state index contributed by atoms with van der Waals surface area (Å²) in [5.41, 5.74) is 1.13. The maximum absolute atomic E-state index is 3.87. The molecule has 0 amide bonds. The van der Waals surface area contributed by atoms with Crippen LogP contribution in [0.25, 0.3) is 0 Å². The largest absolute Gasteiger partial charge is 0.369 e. The van der Waals surface area contributed by atoms with Crippen molar-refractivity contribution in [1.29, 1.82) is 0 Å². The van der Waals surface area contributed by atoms with Crippen LogP contribution in [0.5, 0.6) is 0 Å². The SMILES string of the molecule is CCNc1cc(C)cnn1. The maximum Gasteiger partial charge on any atom is 0.148 e. The lowest BCUT2D eigenvalue weighted by Gasteiger charge is -1.99. The quantitative estimate of drug-likeness (QED) is 0.666. The predicted octanol–water partition coefficient (Wildman–Crippen LogP) is 1.22. The average molecular weight is 137 g/mol. The van der Waals surface area contributed by atoms with Gasteiger partial charge < -0.3 is 5.32 Å². The number of nitrogens with one attached hydrogen (secondary N) is 1. The third-order valence-corrected chi connectivity index (χ3v) is 1.15. The molecule has 0 unspecified atom stereocenters. The van der Waals surface area contributed by atoms with Gasteiger partial charge in [0, 0.05) is 6.54 Å². The minimum absolute atomic E-state index is 0.850. The highest BCUT2D eigenvalue weighted by atomic mass is 15.2. The molecule has 0 saturated heterocycles. The van der Waals surface area contributed by atoms with E-state index in [1.807, 2.05) is 19.9 Å². The monoisotopic (exact) mass is 137 g/mol. The number of rotatable bonds is 2. The van der Waals surface area contributed by atoms with Crippen LogP contribution < -0.4 is 5.32 Å². The van der Waals surface area contributed by atoms with Crippen molar-refractivity contribution in [3.05, 3.63) is 17.8 Å². The molecule has 0 aliphatic carbocycles. The highest BCUT2D eigenvalue weighted by molar-refractivity contribution is 5.34. The fourth-order valence-electron chi connectivity index (χ4n) is 0.731. The van der Waals surface area contributed by atoms with Crippen LogP contribution in [0.15, 0.2) is 12.3 Å². The molecule has 0 bridgehead atoms. The third-order valence-electron chi connectivity index (χ3n) is 1.15. The Morgan fingerprint density at radius 3 is 3.00 bits per heavy atom. The van der Waals surface area contributed by atoms with Gasteiger partial charge in [0.1, 0.15) is 5.82 Å². The second kappa shape index (κ2) is 3.15. The van der Waals surface area contributed by atoms with Crippen molar-refractivity contribution in [3.8, 4) is 0 Å². The van der Waals surface area contributed by atoms with E-state index in [1.54, 1.807) is 6.20 Å². The van der Waals surface area contributed by atoms with Gasteiger partial charge in [-0.05, 0) is 25.5 Å². The molecule has 1 N–H and O–H groups in total. The molecule has 0 fully saturated rings. The molecule has 0 spiro atoms. The summed E-state index contributed by atoms with van der Waals surface area (Å²) in [5, 5.41) is 10.7. The number of aryl methyl sites for hydroxylation is 1. The van der Waals surface area contributed by atoms with Crippen molar-refractivity contribution in [2.75, 3.05) is 11.9 Å². The first-order valence-electron chi connectivity index (χ1n) is 3.36. The Morgan fingerprint density at radius 1 is 1.60 bits per heavy atom. The van der Waals surface area contributed by atoms with E-state index in [9.17, 15) is 0 Å². The summed E-state index contributed by atoms with van der Waals surface area (Å²) in [6, 6.07) is 1.97. The highest BCUT2D eigenvalue weighted by Crippen LogP contribution is 2.01. The summed E-state index contributed by atoms with van der Waals surface area (Å²) in [5.74, 6) is 0.850. The maximum atomic E-state index is 3.87. The summed E-state index contributed by atoms with van der Waals surface area (Å²) >= 11 is 0. The molecule has 3 heteroatoms. The molecule has 0 radical (unpaired) electrons. The Morgan fingerprint density at radius 2 is 2.40 bits per heavy atom. The molecule has 0 aromatic carbocycles. The molecule has 1 aromatic heterocycles. The van der Waals surface area contributed by atoms with E-state index in [-0.39, 0.29) is 0 Å². The average Bonchev–Trinajstić information content (AvgIpc) is 1.88. The second-order valence-electron chi connectivity index (χ2n) is 2.15. The Kier molecular flexibility index (Phi) is 2.20. The second-order valence-corrected chi connectivity index (χ2v) is 2.15. The summed E-state index contributed by atoms with van der Waals surface area (Å²) in [6.07, 6.45) is 1.74. The predicted molar refractivity (Wildman–Crippen MR) is 40.9 cm³/mol. The highest BCUT2D eigenvalue weighted by Gasteiger charge is 1.90. The zero-order valence-corrected chi connectivity index (χ0v) is 6.26. The van der Waals surface area contributed by atoms with Gasteiger partial charge in [-0.25, -0.2) is 0 Å². The first-order chi connectivity index (χ1) is 4.83. The van der Waals surface area contributed by atoms with Gasteiger partial charge in [0.15, 0.2) is 0 Å². The molecule has 0 saturated carbocycles. The van der Waals surface area contributed by atoms with Crippen molar-refractivity contribution in [2.24, 2.45) is 0 Å². The lowest BCUT2D eigenvalue weighted by Crippen LogP contribution is -2.00. The fourth-order valence-corrected chi connectivity index (χ4v) is 0.731. The van der Waals surface area contributed by atoms with Crippen molar-refractivity contribution < 1.29 is 0 Å². The normalized spacial score (nSPS) is 9.40. The number of aromatic nitrogens is 2. The van der Waals surface area contributed by atoms with Gasteiger partial charge in [-0.15, -0.1) is 5.10 Å². The Bertz CT molecular complexity index is 210. The lowest BCUT2D eigenvalue weighted by molar-refractivity contribution is 0.998. The van der Waals surface area contributed by atoms with E-state index in [2.05, 4.69) is 15.5 Å². The number of hydrogen-bond donors (Lipinski definition) is 1. The number of anilines is 1. The van der Waals surface area contributed by atoms with E-state index in [0.29, 0.717) is 0 Å². The van der Waals surface area contributed by atoms with Crippen LogP contribution in [0.2, 0.25) is 0 Å². The number of hydrogen-bond acceptors (Lipinski definition) is 3. The van der Waals surface area contributed by atoms with E-state index >= 15 is 0 Å². The number of nitrogens with zero attached hydrogens (tertiary/aromatic N) is 2. The summed E-state index contributed by atoms with van der Waals surface area (Å²) in [6.45, 7) is 4.91. The third kappa shape index (κ3) is 1.69. The Hall–Kier alpha value is -1.12. The van der Waals surface area contributed by atoms with Crippen molar-refractivity contribution in [2.45, 2.75) is 13.8 Å². The molecule has 0 aliphatic rings. The molecular weight excluding hydrogens is 126 g/mol. The van der Waals surface area contributed by atoms with Crippen LogP contribution in [0, 0.1) is 6.92 Å². The molecule has 1 aromatic rings. The standard InChI is InChI=1S/C7H11N3/c1-3-8-7-4-6(2)5-9-10-7/h4-5H,3H2,1-2H3,(H,8,10). The first-order valence-corrected chi connectivity index (χ1v) is 3.36. The molecule has 3 nitrogen and oxygen atoms in total. The Labute approximate surface area is 60.5 Å². The fraction of sp³-hybridized carbons (Fsp3) is 0.429. The zero-order chi connectivity index (χ0) is 7.40. The van der Waals surface area contributed by atoms with Crippen LogP contribution in [0.1, 0.15) is 12.5 Å². The molecule has 10 heavy (non-hydrogen) atoms. The molecule has 1 heterocycles. The van der Waals surface area contributed by atoms with Crippen LogP contribution in [0.3, 0.4) is 0 Å². The molecule has 54 valence electrons. The van der Waals surface area contributed by atoms with Crippen molar-refractivity contribution in [1.82, 2.24) is 10.2 Å². The molecular formula is C7H11N3. The Balaban J connectivity index is 2.75. The van der Waals surface area contributed by atoms with Gasteiger partial charge in [-0.3, -0.25) is 0 Å². The van der Waals surface area contributed by atoms with Crippen molar-refractivity contribution >= 4 is 5.82 Å². The van der Waals surface area contributed by atoms with E-state index < -0.39 is 0 Å². The van der Waals surface area contributed by atoms with Crippen LogP contribution in [0.4, 0.5) is 5.82 Å². The topological polar surface area (TPSA) is 37.8 Å². The van der Waals surface area contributed by atoms with Crippen LogP contribution >= 0.6 is 0 Å². The van der Waals surface area contributed by atoms with E-state index in [4.69, 9.17) is 0 Å². The zero-order valence-electron chi connectivity index (χ0n) is 6.26. The van der Waals surface area contributed by atoms with Gasteiger partial charge in [0.2, 0.25) is 0 Å². The smallest absolute Gasteiger partial charge is 0.148 e. The van der Waals surface area contributed by atoms with Gasteiger partial charge in [-0.2, -0.15) is 5.10 Å². The van der Waals surface area contributed by atoms with Crippen LogP contribution in [-0.2, 0) is 0 Å². The van der Waals surface area contributed by atoms with Gasteiger partial charge in [0.25, 0.3) is 0 Å². The molecule has 0 atom stereocenters. The van der Waals surface area contributed by atoms with E-state index in [1.165, 1.54) is 0 Å².